The molecule has 0 N–H and O–H groups in total. The van der Waals surface area contributed by atoms with E-state index in [2.05, 4.69) is 51.1 Å². The van der Waals surface area contributed by atoms with Crippen LogP contribution < -0.4 is 0 Å². The molecule has 102 valence electrons. The number of hydrogen-bond donors (Lipinski definition) is 0. The molecule has 1 aromatic carbocycles. The van der Waals surface area contributed by atoms with Crippen molar-refractivity contribution >= 4 is 5.57 Å². The fourth-order valence-corrected chi connectivity index (χ4v) is 2.03. The van der Waals surface area contributed by atoms with E-state index in [0.29, 0.717) is 0 Å². The van der Waals surface area contributed by atoms with Crippen LogP contribution >= 0.6 is 0 Å². The zero-order valence-electron chi connectivity index (χ0n) is 12.9. The second kappa shape index (κ2) is 11.1. The van der Waals surface area contributed by atoms with Gasteiger partial charge in [0.25, 0.3) is 0 Å². The third-order valence-electron chi connectivity index (χ3n) is 2.96. The average molecular weight is 246 g/mol. The Morgan fingerprint density at radius 2 is 1.72 bits per heavy atom. The molecule has 0 heteroatoms. The molecular formula is C18H30. The molecular weight excluding hydrogens is 216 g/mol. The van der Waals surface area contributed by atoms with Crippen molar-refractivity contribution in [3.63, 3.8) is 0 Å². The molecule has 0 radical (unpaired) electrons. The Morgan fingerprint density at radius 3 is 2.28 bits per heavy atom. The van der Waals surface area contributed by atoms with E-state index in [1.54, 1.807) is 0 Å². The molecule has 0 aliphatic heterocycles. The summed E-state index contributed by atoms with van der Waals surface area (Å²) in [6.07, 6.45) is 8.68. The third-order valence-corrected chi connectivity index (χ3v) is 2.96. The molecule has 0 saturated carbocycles. The van der Waals surface area contributed by atoms with Gasteiger partial charge < -0.3 is 0 Å². The molecule has 0 unspecified atom stereocenters. The smallest absolute Gasteiger partial charge is 0.0198 e. The zero-order chi connectivity index (χ0) is 13.8. The highest BCUT2D eigenvalue weighted by atomic mass is 14.1. The summed E-state index contributed by atoms with van der Waals surface area (Å²) in [5, 5.41) is 0. The molecule has 0 aliphatic carbocycles. The fraction of sp³-hybridized carbons (Fsp3) is 0.556. The standard InChI is InChI=1S/C16H24.C2H6/c1-4-6-7-12-15(10-5-2)16-13-9-8-11-14(16)3;1-2/h8-9,11-13H,4-7,10H2,1-3H3;1-2H3/b15-12-;. The van der Waals surface area contributed by atoms with Gasteiger partial charge in [-0.05, 0) is 36.5 Å². The molecule has 0 aliphatic rings. The molecule has 0 atom stereocenters. The van der Waals surface area contributed by atoms with Gasteiger partial charge in [0.15, 0.2) is 0 Å². The summed E-state index contributed by atoms with van der Waals surface area (Å²) in [5.74, 6) is 0. The summed E-state index contributed by atoms with van der Waals surface area (Å²) in [6, 6.07) is 8.72. The van der Waals surface area contributed by atoms with E-state index >= 15 is 0 Å². The first-order chi connectivity index (χ1) is 8.79. The predicted octanol–water partition coefficient (Wildman–Crippen LogP) is 6.39. The molecule has 0 amide bonds. The Balaban J connectivity index is 0.00000137. The summed E-state index contributed by atoms with van der Waals surface area (Å²) in [6.45, 7) is 10.7. The van der Waals surface area contributed by atoms with Crippen LogP contribution in [0.5, 0.6) is 0 Å². The summed E-state index contributed by atoms with van der Waals surface area (Å²) >= 11 is 0. The van der Waals surface area contributed by atoms with Gasteiger partial charge in [-0.25, -0.2) is 0 Å². The minimum Gasteiger partial charge on any atom is -0.0807 e. The van der Waals surface area contributed by atoms with Crippen molar-refractivity contribution < 1.29 is 0 Å². The van der Waals surface area contributed by atoms with Crippen molar-refractivity contribution in [2.24, 2.45) is 0 Å². The molecule has 0 fully saturated rings. The van der Waals surface area contributed by atoms with E-state index in [4.69, 9.17) is 0 Å². The molecule has 0 nitrogen and oxygen atoms in total. The average Bonchev–Trinajstić information content (AvgIpc) is 2.41. The minimum absolute atomic E-state index is 1.20. The molecule has 1 rings (SSSR count). The molecule has 18 heavy (non-hydrogen) atoms. The number of benzene rings is 1. The number of rotatable bonds is 6. The Hall–Kier alpha value is -1.04. The first-order valence-electron chi connectivity index (χ1n) is 7.54. The number of hydrogen-bond acceptors (Lipinski definition) is 0. The van der Waals surface area contributed by atoms with Crippen molar-refractivity contribution in [3.05, 3.63) is 41.5 Å². The highest BCUT2D eigenvalue weighted by molar-refractivity contribution is 5.68. The van der Waals surface area contributed by atoms with Gasteiger partial charge in [0.2, 0.25) is 0 Å². The van der Waals surface area contributed by atoms with Crippen molar-refractivity contribution in [2.75, 3.05) is 0 Å². The van der Waals surface area contributed by atoms with E-state index < -0.39 is 0 Å². The lowest BCUT2D eigenvalue weighted by atomic mass is 9.96. The highest BCUT2D eigenvalue weighted by Gasteiger charge is 2.02. The Bertz CT molecular complexity index is 334. The van der Waals surface area contributed by atoms with Crippen molar-refractivity contribution in [1.82, 2.24) is 0 Å². The number of allylic oxidation sites excluding steroid dienone is 2. The van der Waals surface area contributed by atoms with Crippen molar-refractivity contribution in [1.29, 1.82) is 0 Å². The largest absolute Gasteiger partial charge is 0.0807 e. The molecule has 1 aromatic rings. The van der Waals surface area contributed by atoms with Gasteiger partial charge >= 0.3 is 0 Å². The highest BCUT2D eigenvalue weighted by Crippen LogP contribution is 2.24. The Kier molecular flexibility index (Phi) is 10.4. The van der Waals surface area contributed by atoms with Crippen LogP contribution in [0, 0.1) is 6.92 Å². The van der Waals surface area contributed by atoms with Gasteiger partial charge in [-0.1, -0.05) is 77.3 Å². The van der Waals surface area contributed by atoms with Crippen LogP contribution in [0.3, 0.4) is 0 Å². The van der Waals surface area contributed by atoms with E-state index in [0.717, 1.165) is 0 Å². The van der Waals surface area contributed by atoms with E-state index in [-0.39, 0.29) is 0 Å². The monoisotopic (exact) mass is 246 g/mol. The molecule has 0 spiro atoms. The topological polar surface area (TPSA) is 0 Å². The second-order valence-corrected chi connectivity index (χ2v) is 4.44. The summed E-state index contributed by atoms with van der Waals surface area (Å²) in [5.41, 5.74) is 4.38. The van der Waals surface area contributed by atoms with Gasteiger partial charge in [-0.3, -0.25) is 0 Å². The maximum Gasteiger partial charge on any atom is -0.0198 e. The number of unbranched alkanes of at least 4 members (excludes halogenated alkanes) is 2. The summed E-state index contributed by atoms with van der Waals surface area (Å²) < 4.78 is 0. The van der Waals surface area contributed by atoms with Crippen LogP contribution in [-0.2, 0) is 0 Å². The van der Waals surface area contributed by atoms with Crippen LogP contribution in [0.2, 0.25) is 0 Å². The summed E-state index contributed by atoms with van der Waals surface area (Å²) in [7, 11) is 0. The Labute approximate surface area is 114 Å². The zero-order valence-corrected chi connectivity index (χ0v) is 12.9. The van der Waals surface area contributed by atoms with Gasteiger partial charge in [0.05, 0.1) is 0 Å². The predicted molar refractivity (Wildman–Crippen MR) is 84.9 cm³/mol. The van der Waals surface area contributed by atoms with Crippen LogP contribution in [0.4, 0.5) is 0 Å². The molecule has 0 aromatic heterocycles. The van der Waals surface area contributed by atoms with Crippen LogP contribution in [-0.4, -0.2) is 0 Å². The minimum atomic E-state index is 1.20. The van der Waals surface area contributed by atoms with Crippen molar-refractivity contribution in [3.8, 4) is 0 Å². The van der Waals surface area contributed by atoms with Gasteiger partial charge in [0, 0.05) is 0 Å². The van der Waals surface area contributed by atoms with Gasteiger partial charge in [-0.2, -0.15) is 0 Å². The van der Waals surface area contributed by atoms with Crippen LogP contribution in [0.25, 0.3) is 5.57 Å². The molecule has 0 bridgehead atoms. The maximum absolute atomic E-state index is 2.44. The second-order valence-electron chi connectivity index (χ2n) is 4.44. The van der Waals surface area contributed by atoms with Crippen LogP contribution in [0.1, 0.15) is 70.9 Å². The lowest BCUT2D eigenvalue weighted by Crippen LogP contribution is -1.89. The first-order valence-corrected chi connectivity index (χ1v) is 7.54. The summed E-state index contributed by atoms with van der Waals surface area (Å²) in [4.78, 5) is 0. The first kappa shape index (κ1) is 17.0. The third kappa shape index (κ3) is 6.05. The Morgan fingerprint density at radius 1 is 1.06 bits per heavy atom. The maximum atomic E-state index is 2.44. The van der Waals surface area contributed by atoms with Gasteiger partial charge in [-0.15, -0.1) is 0 Å². The molecule has 0 saturated heterocycles. The lowest BCUT2D eigenvalue weighted by molar-refractivity contribution is 0.812. The van der Waals surface area contributed by atoms with E-state index in [1.807, 2.05) is 13.8 Å². The van der Waals surface area contributed by atoms with Gasteiger partial charge in [0.1, 0.15) is 0 Å². The van der Waals surface area contributed by atoms with Crippen LogP contribution in [0.15, 0.2) is 30.3 Å². The fourth-order valence-electron chi connectivity index (χ4n) is 2.03. The lowest BCUT2D eigenvalue weighted by Gasteiger charge is -2.10. The van der Waals surface area contributed by atoms with Crippen molar-refractivity contribution in [2.45, 2.75) is 66.7 Å². The quantitative estimate of drug-likeness (QED) is 0.510. The van der Waals surface area contributed by atoms with E-state index in [1.165, 1.54) is 48.8 Å². The molecule has 0 heterocycles. The van der Waals surface area contributed by atoms with E-state index in [9.17, 15) is 0 Å². The normalized spacial score (nSPS) is 10.8. The number of aryl methyl sites for hydroxylation is 1. The SMILES string of the molecule is CC.CCCC/C=C(/CCC)c1ccccc1C.